The molecule has 24 heavy (non-hydrogen) atoms. The zero-order valence-corrected chi connectivity index (χ0v) is 15.2. The predicted molar refractivity (Wildman–Crippen MR) is 97.8 cm³/mol. The predicted octanol–water partition coefficient (Wildman–Crippen LogP) is 3.11. The number of methoxy groups -OCH3 is 1. The molecule has 1 atom stereocenters. The number of nitrogens with one attached hydrogen (secondary N) is 1. The Morgan fingerprint density at radius 1 is 1.38 bits per heavy atom. The molecule has 0 fully saturated rings. The van der Waals surface area contributed by atoms with Crippen LogP contribution in [0.3, 0.4) is 0 Å². The number of hydrogen-bond donors (Lipinski definition) is 1. The molecular weight excluding hydrogens is 344 g/mol. The van der Waals surface area contributed by atoms with Gasteiger partial charge in [-0.2, -0.15) is 0 Å². The summed E-state index contributed by atoms with van der Waals surface area (Å²) in [5.74, 6) is 0.114. The van der Waals surface area contributed by atoms with Crippen LogP contribution in [0.1, 0.15) is 22.0 Å². The SMILES string of the molecule is COCCNCC(=O)N1CCc2sccc2C1c1ccc(Cl)cc1. The maximum absolute atomic E-state index is 12.7. The van der Waals surface area contributed by atoms with Gasteiger partial charge in [-0.1, -0.05) is 23.7 Å². The third-order valence-electron chi connectivity index (χ3n) is 4.23. The summed E-state index contributed by atoms with van der Waals surface area (Å²) in [4.78, 5) is 16.1. The molecule has 0 saturated heterocycles. The van der Waals surface area contributed by atoms with Crippen LogP contribution in [0, 0.1) is 0 Å². The van der Waals surface area contributed by atoms with Gasteiger partial charge in [-0.15, -0.1) is 11.3 Å². The van der Waals surface area contributed by atoms with Gasteiger partial charge >= 0.3 is 0 Å². The molecule has 1 aliphatic rings. The molecule has 4 nitrogen and oxygen atoms in total. The van der Waals surface area contributed by atoms with Crippen molar-refractivity contribution >= 4 is 28.8 Å². The van der Waals surface area contributed by atoms with Gasteiger partial charge in [-0.05, 0) is 41.1 Å². The van der Waals surface area contributed by atoms with E-state index in [1.807, 2.05) is 29.2 Å². The Bertz CT molecular complexity index is 687. The van der Waals surface area contributed by atoms with E-state index in [-0.39, 0.29) is 11.9 Å². The summed E-state index contributed by atoms with van der Waals surface area (Å²) >= 11 is 7.80. The molecule has 2 heterocycles. The van der Waals surface area contributed by atoms with Gasteiger partial charge in [0.15, 0.2) is 0 Å². The van der Waals surface area contributed by atoms with Crippen molar-refractivity contribution in [1.29, 1.82) is 0 Å². The molecule has 1 unspecified atom stereocenters. The number of amides is 1. The Hall–Kier alpha value is -1.40. The second-order valence-corrected chi connectivity index (χ2v) is 7.20. The largest absolute Gasteiger partial charge is 0.383 e. The van der Waals surface area contributed by atoms with Crippen LogP contribution in [0.4, 0.5) is 0 Å². The Kier molecular flexibility index (Phi) is 5.89. The number of carbonyl (C=O) groups is 1. The summed E-state index contributed by atoms with van der Waals surface area (Å²) in [6, 6.07) is 9.90. The number of thiophene rings is 1. The first-order valence-corrected chi connectivity index (χ1v) is 9.27. The van der Waals surface area contributed by atoms with Gasteiger partial charge in [0.25, 0.3) is 0 Å². The molecule has 6 heteroatoms. The van der Waals surface area contributed by atoms with Crippen molar-refractivity contribution in [2.75, 3.05) is 33.4 Å². The Morgan fingerprint density at radius 3 is 2.92 bits per heavy atom. The minimum absolute atomic E-state index is 0.0333. The van der Waals surface area contributed by atoms with Crippen molar-refractivity contribution in [2.45, 2.75) is 12.5 Å². The van der Waals surface area contributed by atoms with Gasteiger partial charge in [-0.25, -0.2) is 0 Å². The molecule has 2 aromatic rings. The van der Waals surface area contributed by atoms with E-state index in [1.54, 1.807) is 18.4 Å². The topological polar surface area (TPSA) is 41.6 Å². The summed E-state index contributed by atoms with van der Waals surface area (Å²) in [6.45, 7) is 2.34. The maximum atomic E-state index is 12.7. The lowest BCUT2D eigenvalue weighted by Crippen LogP contribution is -2.44. The second kappa shape index (κ2) is 8.12. The lowest BCUT2D eigenvalue weighted by Gasteiger charge is -2.36. The van der Waals surface area contributed by atoms with Crippen molar-refractivity contribution < 1.29 is 9.53 Å². The molecule has 1 amide bonds. The van der Waals surface area contributed by atoms with Crippen LogP contribution >= 0.6 is 22.9 Å². The van der Waals surface area contributed by atoms with Crippen molar-refractivity contribution in [1.82, 2.24) is 10.2 Å². The lowest BCUT2D eigenvalue weighted by molar-refractivity contribution is -0.132. The zero-order chi connectivity index (χ0) is 16.9. The van der Waals surface area contributed by atoms with E-state index in [2.05, 4.69) is 16.8 Å². The van der Waals surface area contributed by atoms with E-state index in [4.69, 9.17) is 16.3 Å². The molecule has 0 saturated carbocycles. The van der Waals surface area contributed by atoms with E-state index in [0.29, 0.717) is 24.7 Å². The van der Waals surface area contributed by atoms with Crippen molar-refractivity contribution in [3.8, 4) is 0 Å². The van der Waals surface area contributed by atoms with Crippen LogP contribution in [0.15, 0.2) is 35.7 Å². The second-order valence-electron chi connectivity index (χ2n) is 5.76. The van der Waals surface area contributed by atoms with Crippen LogP contribution in [-0.4, -0.2) is 44.2 Å². The fourth-order valence-electron chi connectivity index (χ4n) is 3.06. The number of halogens is 1. The highest BCUT2D eigenvalue weighted by Crippen LogP contribution is 2.38. The van der Waals surface area contributed by atoms with Crippen molar-refractivity contribution in [2.24, 2.45) is 0 Å². The van der Waals surface area contributed by atoms with Gasteiger partial charge in [0.1, 0.15) is 0 Å². The summed E-state index contributed by atoms with van der Waals surface area (Å²) in [6.07, 6.45) is 0.918. The third-order valence-corrected chi connectivity index (χ3v) is 5.48. The first kappa shape index (κ1) is 17.4. The van der Waals surface area contributed by atoms with Gasteiger partial charge < -0.3 is 15.0 Å². The molecular formula is C18H21ClN2O2S. The highest BCUT2D eigenvalue weighted by atomic mass is 35.5. The van der Waals surface area contributed by atoms with Gasteiger partial charge in [0, 0.05) is 30.1 Å². The molecule has 1 aromatic heterocycles. The molecule has 0 spiro atoms. The van der Waals surface area contributed by atoms with E-state index in [1.165, 1.54) is 10.4 Å². The normalized spacial score (nSPS) is 16.9. The molecule has 1 aliphatic heterocycles. The highest BCUT2D eigenvalue weighted by Gasteiger charge is 2.32. The smallest absolute Gasteiger partial charge is 0.237 e. The molecule has 1 N–H and O–H groups in total. The van der Waals surface area contributed by atoms with E-state index in [0.717, 1.165) is 18.5 Å². The zero-order valence-electron chi connectivity index (χ0n) is 13.6. The van der Waals surface area contributed by atoms with Crippen LogP contribution in [0.5, 0.6) is 0 Å². The third kappa shape index (κ3) is 3.81. The summed E-state index contributed by atoms with van der Waals surface area (Å²) in [7, 11) is 1.66. The molecule has 0 aliphatic carbocycles. The summed E-state index contributed by atoms with van der Waals surface area (Å²) in [5.41, 5.74) is 2.34. The molecule has 0 bridgehead atoms. The fourth-order valence-corrected chi connectivity index (χ4v) is 4.09. The van der Waals surface area contributed by atoms with E-state index < -0.39 is 0 Å². The number of benzene rings is 1. The van der Waals surface area contributed by atoms with Crippen LogP contribution in [0.2, 0.25) is 5.02 Å². The molecule has 0 radical (unpaired) electrons. The first-order valence-electron chi connectivity index (χ1n) is 8.01. The van der Waals surface area contributed by atoms with Crippen LogP contribution in [0.25, 0.3) is 0 Å². The lowest BCUT2D eigenvalue weighted by atomic mass is 9.93. The highest BCUT2D eigenvalue weighted by molar-refractivity contribution is 7.10. The number of fused-ring (bicyclic) bond motifs is 1. The monoisotopic (exact) mass is 364 g/mol. The summed E-state index contributed by atoms with van der Waals surface area (Å²) < 4.78 is 5.01. The number of hydrogen-bond acceptors (Lipinski definition) is 4. The molecule has 3 rings (SSSR count). The number of rotatable bonds is 6. The average Bonchev–Trinajstić information content (AvgIpc) is 3.07. The van der Waals surface area contributed by atoms with E-state index in [9.17, 15) is 4.79 Å². The number of carbonyl (C=O) groups excluding carboxylic acids is 1. The van der Waals surface area contributed by atoms with Crippen LogP contribution in [-0.2, 0) is 16.0 Å². The first-order chi connectivity index (χ1) is 11.7. The Labute approximate surface area is 151 Å². The Morgan fingerprint density at radius 2 is 2.17 bits per heavy atom. The minimum atomic E-state index is -0.0333. The molecule has 128 valence electrons. The standard InChI is InChI=1S/C18H21ClN2O2S/c1-23-10-8-20-12-17(22)21-9-6-16-15(7-11-24-16)18(21)13-2-4-14(19)5-3-13/h2-5,7,11,18,20H,6,8-10,12H2,1H3. The number of ether oxygens (including phenoxy) is 1. The minimum Gasteiger partial charge on any atom is -0.383 e. The maximum Gasteiger partial charge on any atom is 0.237 e. The van der Waals surface area contributed by atoms with E-state index >= 15 is 0 Å². The van der Waals surface area contributed by atoms with Gasteiger partial charge in [-0.3, -0.25) is 4.79 Å². The average molecular weight is 365 g/mol. The number of nitrogens with zero attached hydrogens (tertiary/aromatic N) is 1. The van der Waals surface area contributed by atoms with Gasteiger partial charge in [0.2, 0.25) is 5.91 Å². The van der Waals surface area contributed by atoms with Crippen molar-refractivity contribution in [3.63, 3.8) is 0 Å². The molecule has 1 aromatic carbocycles. The summed E-state index contributed by atoms with van der Waals surface area (Å²) in [5, 5.41) is 5.96. The fraction of sp³-hybridized carbons (Fsp3) is 0.389. The Balaban J connectivity index is 1.82. The van der Waals surface area contributed by atoms with Crippen LogP contribution < -0.4 is 5.32 Å². The quantitative estimate of drug-likeness (QED) is 0.801. The van der Waals surface area contributed by atoms with Crippen molar-refractivity contribution in [3.05, 3.63) is 56.7 Å². The van der Waals surface area contributed by atoms with Gasteiger partial charge in [0.05, 0.1) is 19.2 Å².